The van der Waals surface area contributed by atoms with Crippen LogP contribution in [-0.2, 0) is 15.1 Å². The summed E-state index contributed by atoms with van der Waals surface area (Å²) in [6.45, 7) is 2.53. The van der Waals surface area contributed by atoms with E-state index < -0.39 is 5.54 Å². The molecule has 0 spiro atoms. The van der Waals surface area contributed by atoms with Crippen LogP contribution in [0.15, 0.2) is 89.9 Å². The number of nitrogens with one attached hydrogen (secondary N) is 1. The van der Waals surface area contributed by atoms with Crippen molar-refractivity contribution >= 4 is 17.3 Å². The molecule has 1 saturated heterocycles. The van der Waals surface area contributed by atoms with Gasteiger partial charge < -0.3 is 10.1 Å². The van der Waals surface area contributed by atoms with Crippen LogP contribution in [0.4, 0.5) is 5.69 Å². The number of hydrogen-bond acceptors (Lipinski definition) is 3. The van der Waals surface area contributed by atoms with Crippen LogP contribution in [0.5, 0.6) is 0 Å². The summed E-state index contributed by atoms with van der Waals surface area (Å²) >= 11 is 0. The van der Waals surface area contributed by atoms with Gasteiger partial charge in [-0.25, -0.2) is 4.99 Å². The molecule has 0 radical (unpaired) electrons. The smallest absolute Gasteiger partial charge is 0.246 e. The summed E-state index contributed by atoms with van der Waals surface area (Å²) < 4.78 is 5.46. The number of amides is 1. The molecule has 1 fully saturated rings. The van der Waals surface area contributed by atoms with Gasteiger partial charge in [-0.3, -0.25) is 4.79 Å². The number of carbonyl (C=O) groups excluding carboxylic acids is 1. The monoisotopic (exact) mass is 370 g/mol. The van der Waals surface area contributed by atoms with Crippen LogP contribution in [0.1, 0.15) is 23.6 Å². The van der Waals surface area contributed by atoms with E-state index in [0.717, 1.165) is 28.1 Å². The quantitative estimate of drug-likeness (QED) is 0.699. The van der Waals surface area contributed by atoms with E-state index >= 15 is 0 Å². The fourth-order valence-corrected chi connectivity index (χ4v) is 3.42. The van der Waals surface area contributed by atoms with Gasteiger partial charge in [-0.05, 0) is 24.6 Å². The normalized spacial score (nSPS) is 19.0. The van der Waals surface area contributed by atoms with E-state index in [1.54, 1.807) is 0 Å². The Morgan fingerprint density at radius 2 is 1.57 bits per heavy atom. The predicted octanol–water partition coefficient (Wildman–Crippen LogP) is 4.22. The van der Waals surface area contributed by atoms with E-state index in [4.69, 9.17) is 9.73 Å². The number of aliphatic imine (C=N–C) groups is 1. The number of morpholine rings is 1. The summed E-state index contributed by atoms with van der Waals surface area (Å²) in [5.74, 6) is -0.100. The first-order valence-corrected chi connectivity index (χ1v) is 9.33. The lowest BCUT2D eigenvalue weighted by Crippen LogP contribution is -2.52. The largest absolute Gasteiger partial charge is 0.369 e. The molecule has 0 saturated carbocycles. The summed E-state index contributed by atoms with van der Waals surface area (Å²) in [6.07, 6.45) is 0. The van der Waals surface area contributed by atoms with Gasteiger partial charge >= 0.3 is 0 Å². The molecule has 1 unspecified atom stereocenters. The molecule has 3 aromatic rings. The Balaban J connectivity index is 1.76. The lowest BCUT2D eigenvalue weighted by molar-refractivity contribution is -0.135. The van der Waals surface area contributed by atoms with E-state index in [9.17, 15) is 4.79 Å². The third-order valence-corrected chi connectivity index (χ3v) is 4.86. The third-order valence-electron chi connectivity index (χ3n) is 4.86. The molecular formula is C24H22N2O2. The molecule has 0 aromatic heterocycles. The van der Waals surface area contributed by atoms with Crippen molar-refractivity contribution in [2.24, 2.45) is 4.99 Å². The zero-order valence-electron chi connectivity index (χ0n) is 15.8. The molecule has 4 rings (SSSR count). The summed E-state index contributed by atoms with van der Waals surface area (Å²) in [5, 5.41) is 3.04. The van der Waals surface area contributed by atoms with E-state index in [1.807, 2.05) is 67.6 Å². The molecule has 4 nitrogen and oxygen atoms in total. The second-order valence-corrected chi connectivity index (χ2v) is 7.12. The number of ether oxygens (including phenoxy) is 1. The van der Waals surface area contributed by atoms with Gasteiger partial charge in [0, 0.05) is 11.1 Å². The summed E-state index contributed by atoms with van der Waals surface area (Å²) in [7, 11) is 0. The molecule has 4 heteroatoms. The topological polar surface area (TPSA) is 50.7 Å². The Hall–Kier alpha value is -3.24. The Bertz CT molecular complexity index is 958. The second kappa shape index (κ2) is 7.79. The van der Waals surface area contributed by atoms with E-state index in [0.29, 0.717) is 6.61 Å². The number of nitrogens with zero attached hydrogens (tertiary/aromatic N) is 1. The maximum Gasteiger partial charge on any atom is 0.246 e. The summed E-state index contributed by atoms with van der Waals surface area (Å²) in [4.78, 5) is 16.8. The molecule has 1 aliphatic rings. The van der Waals surface area contributed by atoms with Crippen LogP contribution in [0.2, 0.25) is 0 Å². The van der Waals surface area contributed by atoms with Gasteiger partial charge in [-0.1, -0.05) is 72.8 Å². The maximum atomic E-state index is 11.8. The van der Waals surface area contributed by atoms with Crippen molar-refractivity contribution in [3.05, 3.63) is 102 Å². The first-order chi connectivity index (χ1) is 13.6. The summed E-state index contributed by atoms with van der Waals surface area (Å²) in [5.41, 5.74) is 4.27. The molecule has 3 aromatic carbocycles. The molecule has 140 valence electrons. The number of carbonyl (C=O) groups is 1. The molecule has 1 aliphatic heterocycles. The van der Waals surface area contributed by atoms with Gasteiger partial charge in [0.25, 0.3) is 0 Å². The lowest BCUT2D eigenvalue weighted by Gasteiger charge is -2.34. The van der Waals surface area contributed by atoms with Crippen LogP contribution >= 0.6 is 0 Å². The fourth-order valence-electron chi connectivity index (χ4n) is 3.42. The van der Waals surface area contributed by atoms with Crippen LogP contribution in [0.25, 0.3) is 0 Å². The lowest BCUT2D eigenvalue weighted by atomic mass is 9.91. The van der Waals surface area contributed by atoms with Crippen molar-refractivity contribution in [2.45, 2.75) is 12.5 Å². The molecule has 1 amide bonds. The standard InChI is InChI=1S/C24H22N2O2/c1-24(17-28-16-22(27)26-24)20-13-8-14-21(15-20)25-23(18-9-4-2-5-10-18)19-11-6-3-7-12-19/h2-15H,16-17H2,1H3,(H,26,27). The van der Waals surface area contributed by atoms with Gasteiger partial charge in [0.2, 0.25) is 5.91 Å². The highest BCUT2D eigenvalue weighted by molar-refractivity contribution is 6.13. The highest BCUT2D eigenvalue weighted by Gasteiger charge is 2.32. The average molecular weight is 370 g/mol. The molecule has 1 heterocycles. The number of rotatable bonds is 4. The Morgan fingerprint density at radius 3 is 2.18 bits per heavy atom. The fraction of sp³-hybridized carbons (Fsp3) is 0.167. The van der Waals surface area contributed by atoms with Gasteiger partial charge in [0.1, 0.15) is 6.61 Å². The molecule has 1 N–H and O–H groups in total. The van der Waals surface area contributed by atoms with E-state index in [-0.39, 0.29) is 12.5 Å². The van der Waals surface area contributed by atoms with Gasteiger partial charge in [0.05, 0.1) is 23.5 Å². The predicted molar refractivity (Wildman–Crippen MR) is 111 cm³/mol. The molecule has 1 atom stereocenters. The molecular weight excluding hydrogens is 348 g/mol. The van der Waals surface area contributed by atoms with Gasteiger partial charge in [-0.15, -0.1) is 0 Å². The molecule has 0 bridgehead atoms. The molecule has 28 heavy (non-hydrogen) atoms. The van der Waals surface area contributed by atoms with E-state index in [2.05, 4.69) is 29.6 Å². The minimum Gasteiger partial charge on any atom is -0.369 e. The van der Waals surface area contributed by atoms with Crippen LogP contribution in [0, 0.1) is 0 Å². The van der Waals surface area contributed by atoms with Crippen LogP contribution in [0.3, 0.4) is 0 Å². The zero-order valence-corrected chi connectivity index (χ0v) is 15.8. The SMILES string of the molecule is CC1(c2cccc(N=C(c3ccccc3)c3ccccc3)c2)COCC(=O)N1. The van der Waals surface area contributed by atoms with Crippen molar-refractivity contribution in [2.75, 3.05) is 13.2 Å². The highest BCUT2D eigenvalue weighted by atomic mass is 16.5. The third kappa shape index (κ3) is 3.87. The Morgan fingerprint density at radius 1 is 0.929 bits per heavy atom. The van der Waals surface area contributed by atoms with Crippen LogP contribution < -0.4 is 5.32 Å². The van der Waals surface area contributed by atoms with Crippen molar-refractivity contribution in [3.63, 3.8) is 0 Å². The Kier molecular flexibility index (Phi) is 5.04. The maximum absolute atomic E-state index is 11.8. The van der Waals surface area contributed by atoms with Crippen molar-refractivity contribution in [3.8, 4) is 0 Å². The number of hydrogen-bond donors (Lipinski definition) is 1. The van der Waals surface area contributed by atoms with Crippen LogP contribution in [-0.4, -0.2) is 24.8 Å². The zero-order chi connectivity index (χ0) is 19.4. The minimum absolute atomic E-state index is 0.100. The van der Waals surface area contributed by atoms with Gasteiger partial charge in [0.15, 0.2) is 0 Å². The Labute approximate surface area is 164 Å². The van der Waals surface area contributed by atoms with Crippen molar-refractivity contribution in [1.29, 1.82) is 0 Å². The molecule has 0 aliphatic carbocycles. The second-order valence-electron chi connectivity index (χ2n) is 7.12. The first kappa shape index (κ1) is 18.1. The van der Waals surface area contributed by atoms with Gasteiger partial charge in [-0.2, -0.15) is 0 Å². The summed E-state index contributed by atoms with van der Waals surface area (Å²) in [6, 6.07) is 28.3. The van der Waals surface area contributed by atoms with E-state index in [1.165, 1.54) is 0 Å². The minimum atomic E-state index is -0.555. The number of benzene rings is 3. The highest BCUT2D eigenvalue weighted by Crippen LogP contribution is 2.28. The first-order valence-electron chi connectivity index (χ1n) is 9.33. The van der Waals surface area contributed by atoms with Crippen molar-refractivity contribution in [1.82, 2.24) is 5.32 Å². The average Bonchev–Trinajstić information content (AvgIpc) is 2.73. The van der Waals surface area contributed by atoms with Crippen molar-refractivity contribution < 1.29 is 9.53 Å².